The first-order valence-corrected chi connectivity index (χ1v) is 14.0. The van der Waals surface area contributed by atoms with Crippen LogP contribution >= 0.6 is 0 Å². The predicted octanol–water partition coefficient (Wildman–Crippen LogP) is -2.05. The van der Waals surface area contributed by atoms with Gasteiger partial charge in [-0.25, -0.2) is 4.79 Å². The number of phenols is 1. The molecule has 0 heterocycles. The molecule has 5 unspecified atom stereocenters. The zero-order chi connectivity index (χ0) is 32.5. The number of nitrogens with two attached hydrogens (primary N) is 5. The molecule has 0 fully saturated rings. The number of carbonyl (C=O) groups excluding carboxylic acids is 3. The number of amides is 3. The standard InChI is InChI=1S/C27H46N10O6/c1-3-15(2)21(37-22(39)18(28)6-4-12-33-26(29)30)24(41)35-19(7-5-13-34-27(31)32)23(40)36-20(25(42)43)14-16-8-10-17(38)11-9-16/h8-11,15,18-21,38H,3-7,12-14,28H2,1-2H3,(H,35,41)(H,36,40)(H,37,39)(H,42,43)(H4,29,30,33)(H4,31,32,34). The van der Waals surface area contributed by atoms with Gasteiger partial charge in [-0.15, -0.1) is 0 Å². The van der Waals surface area contributed by atoms with Crippen molar-refractivity contribution >= 4 is 35.6 Å². The van der Waals surface area contributed by atoms with Crippen LogP contribution in [0, 0.1) is 5.92 Å². The maximum absolute atomic E-state index is 13.4. The van der Waals surface area contributed by atoms with Crippen molar-refractivity contribution in [2.45, 2.75) is 76.5 Å². The van der Waals surface area contributed by atoms with Gasteiger partial charge in [0.2, 0.25) is 17.7 Å². The number of carbonyl (C=O) groups is 4. The van der Waals surface area contributed by atoms with Crippen LogP contribution in [0.2, 0.25) is 0 Å². The molecule has 43 heavy (non-hydrogen) atoms. The highest BCUT2D eigenvalue weighted by atomic mass is 16.4. The second-order valence-electron chi connectivity index (χ2n) is 10.2. The highest BCUT2D eigenvalue weighted by molar-refractivity contribution is 5.94. The van der Waals surface area contributed by atoms with Crippen molar-refractivity contribution in [3.8, 4) is 5.75 Å². The monoisotopic (exact) mass is 606 g/mol. The molecule has 1 aromatic rings. The van der Waals surface area contributed by atoms with Gasteiger partial charge in [0.25, 0.3) is 0 Å². The lowest BCUT2D eigenvalue weighted by molar-refractivity contribution is -0.142. The number of carboxylic acids is 1. The number of hydrogen-bond donors (Lipinski definition) is 10. The van der Waals surface area contributed by atoms with E-state index in [-0.39, 0.29) is 55.8 Å². The van der Waals surface area contributed by atoms with Crippen LogP contribution in [0.1, 0.15) is 51.5 Å². The minimum absolute atomic E-state index is 0.0121. The molecular weight excluding hydrogens is 560 g/mol. The van der Waals surface area contributed by atoms with Crippen LogP contribution in [0.4, 0.5) is 0 Å². The molecule has 5 atom stereocenters. The van der Waals surface area contributed by atoms with Crippen molar-refractivity contribution in [3.05, 3.63) is 29.8 Å². The van der Waals surface area contributed by atoms with Crippen molar-refractivity contribution in [2.75, 3.05) is 13.1 Å². The summed E-state index contributed by atoms with van der Waals surface area (Å²) in [5, 5.41) is 27.1. The number of nitrogens with one attached hydrogen (secondary N) is 3. The molecule has 0 radical (unpaired) electrons. The molecule has 3 amide bonds. The van der Waals surface area contributed by atoms with Gasteiger partial charge < -0.3 is 54.8 Å². The number of rotatable bonds is 19. The number of aliphatic carboxylic acids is 1. The molecule has 1 aromatic carbocycles. The maximum atomic E-state index is 13.4. The van der Waals surface area contributed by atoms with Crippen LogP contribution in [0.25, 0.3) is 0 Å². The molecule has 0 bridgehead atoms. The van der Waals surface area contributed by atoms with E-state index in [1.807, 2.05) is 6.92 Å². The molecule has 0 saturated heterocycles. The molecule has 240 valence electrons. The molecule has 16 nitrogen and oxygen atoms in total. The molecular formula is C27H46N10O6. The molecule has 16 heteroatoms. The molecule has 0 saturated carbocycles. The van der Waals surface area contributed by atoms with E-state index in [1.54, 1.807) is 6.92 Å². The van der Waals surface area contributed by atoms with Crippen molar-refractivity contribution in [1.29, 1.82) is 0 Å². The van der Waals surface area contributed by atoms with Crippen molar-refractivity contribution < 1.29 is 29.4 Å². The number of carboxylic acid groups (broad SMARTS) is 1. The fourth-order valence-electron chi connectivity index (χ4n) is 3.99. The Bertz CT molecular complexity index is 1120. The second kappa shape index (κ2) is 18.8. The first kappa shape index (κ1) is 36.4. The molecule has 15 N–H and O–H groups in total. The highest BCUT2D eigenvalue weighted by Gasteiger charge is 2.32. The number of nitrogens with zero attached hydrogens (tertiary/aromatic N) is 2. The first-order chi connectivity index (χ1) is 20.2. The summed E-state index contributed by atoms with van der Waals surface area (Å²) >= 11 is 0. The third kappa shape index (κ3) is 14.2. The quantitative estimate of drug-likeness (QED) is 0.0464. The smallest absolute Gasteiger partial charge is 0.326 e. The second-order valence-corrected chi connectivity index (χ2v) is 10.2. The number of benzene rings is 1. The number of aliphatic imine (C=N–C) groups is 2. The average Bonchev–Trinajstić information content (AvgIpc) is 2.95. The fourth-order valence-corrected chi connectivity index (χ4v) is 3.99. The lowest BCUT2D eigenvalue weighted by Crippen LogP contribution is -2.58. The normalized spacial score (nSPS) is 14.2. The molecule has 0 spiro atoms. The molecule has 0 aliphatic rings. The topological polar surface area (TPSA) is 300 Å². The van der Waals surface area contributed by atoms with Crippen molar-refractivity contribution in [3.63, 3.8) is 0 Å². The molecule has 0 aromatic heterocycles. The summed E-state index contributed by atoms with van der Waals surface area (Å²) in [4.78, 5) is 59.2. The van der Waals surface area contributed by atoms with E-state index in [4.69, 9.17) is 28.7 Å². The molecule has 0 aliphatic carbocycles. The Kier molecular flexibility index (Phi) is 15.9. The summed E-state index contributed by atoms with van der Waals surface area (Å²) in [5.41, 5.74) is 27.9. The van der Waals surface area contributed by atoms with E-state index >= 15 is 0 Å². The Balaban J connectivity index is 3.06. The zero-order valence-corrected chi connectivity index (χ0v) is 24.7. The zero-order valence-electron chi connectivity index (χ0n) is 24.7. The Morgan fingerprint density at radius 3 is 1.86 bits per heavy atom. The Morgan fingerprint density at radius 2 is 1.35 bits per heavy atom. The van der Waals surface area contributed by atoms with Gasteiger partial charge >= 0.3 is 5.97 Å². The van der Waals surface area contributed by atoms with E-state index in [2.05, 4.69) is 25.9 Å². The van der Waals surface area contributed by atoms with Crippen LogP contribution in [0.5, 0.6) is 5.75 Å². The van der Waals surface area contributed by atoms with Crippen molar-refractivity contribution in [2.24, 2.45) is 44.6 Å². The summed E-state index contributed by atoms with van der Waals surface area (Å²) in [6, 6.07) is 1.44. The summed E-state index contributed by atoms with van der Waals surface area (Å²) in [6.45, 7) is 4.06. The Hall–Kier alpha value is -4.60. The highest BCUT2D eigenvalue weighted by Crippen LogP contribution is 2.13. The van der Waals surface area contributed by atoms with E-state index < -0.39 is 47.9 Å². The van der Waals surface area contributed by atoms with Crippen LogP contribution in [0.15, 0.2) is 34.3 Å². The summed E-state index contributed by atoms with van der Waals surface area (Å²) in [5.74, 6) is -3.75. The first-order valence-electron chi connectivity index (χ1n) is 14.0. The van der Waals surface area contributed by atoms with E-state index in [0.29, 0.717) is 24.9 Å². The lowest BCUT2D eigenvalue weighted by atomic mass is 9.96. The maximum Gasteiger partial charge on any atom is 0.326 e. The van der Waals surface area contributed by atoms with Crippen LogP contribution in [-0.2, 0) is 25.6 Å². The Morgan fingerprint density at radius 1 is 0.814 bits per heavy atom. The van der Waals surface area contributed by atoms with Gasteiger partial charge in [0, 0.05) is 19.5 Å². The predicted molar refractivity (Wildman–Crippen MR) is 162 cm³/mol. The van der Waals surface area contributed by atoms with Crippen LogP contribution in [-0.4, -0.2) is 83.1 Å². The number of aromatic hydroxyl groups is 1. The van der Waals surface area contributed by atoms with Gasteiger partial charge in [-0.3, -0.25) is 24.4 Å². The van der Waals surface area contributed by atoms with E-state index in [1.165, 1.54) is 24.3 Å². The van der Waals surface area contributed by atoms with Gasteiger partial charge in [0.05, 0.1) is 6.04 Å². The largest absolute Gasteiger partial charge is 0.508 e. The van der Waals surface area contributed by atoms with Crippen molar-refractivity contribution in [1.82, 2.24) is 16.0 Å². The number of guanidine groups is 2. The summed E-state index contributed by atoms with van der Waals surface area (Å²) in [7, 11) is 0. The van der Waals surface area contributed by atoms with Crippen LogP contribution < -0.4 is 44.6 Å². The van der Waals surface area contributed by atoms with Gasteiger partial charge in [0.1, 0.15) is 23.9 Å². The van der Waals surface area contributed by atoms with Crippen LogP contribution in [0.3, 0.4) is 0 Å². The minimum Gasteiger partial charge on any atom is -0.508 e. The lowest BCUT2D eigenvalue weighted by Gasteiger charge is -2.28. The van der Waals surface area contributed by atoms with Gasteiger partial charge in [-0.05, 0) is 49.3 Å². The van der Waals surface area contributed by atoms with Gasteiger partial charge in [-0.2, -0.15) is 0 Å². The Labute approximate surface area is 250 Å². The molecule has 0 aliphatic heterocycles. The minimum atomic E-state index is -1.32. The third-order valence-corrected chi connectivity index (χ3v) is 6.67. The summed E-state index contributed by atoms with van der Waals surface area (Å²) < 4.78 is 0. The third-order valence-electron chi connectivity index (χ3n) is 6.67. The number of phenolic OH excluding ortho intramolecular Hbond substituents is 1. The number of hydrogen-bond acceptors (Lipinski definition) is 8. The SMILES string of the molecule is CCC(C)C(NC(=O)C(N)CCCN=C(N)N)C(=O)NC(CCCN=C(N)N)C(=O)NC(Cc1ccc(O)cc1)C(=O)O. The summed E-state index contributed by atoms with van der Waals surface area (Å²) in [6.07, 6.45) is 1.53. The average molecular weight is 607 g/mol. The molecule has 1 rings (SSSR count). The van der Waals surface area contributed by atoms with Gasteiger partial charge in [0.15, 0.2) is 11.9 Å². The van der Waals surface area contributed by atoms with Gasteiger partial charge in [-0.1, -0.05) is 32.4 Å². The fraction of sp³-hybridized carbons (Fsp3) is 0.556. The van der Waals surface area contributed by atoms with E-state index in [0.717, 1.165) is 0 Å². The van der Waals surface area contributed by atoms with E-state index in [9.17, 15) is 29.4 Å².